The molecule has 0 saturated carbocycles. The first kappa shape index (κ1) is 41.2. The summed E-state index contributed by atoms with van der Waals surface area (Å²) in [6.07, 6.45) is 2.77. The van der Waals surface area contributed by atoms with Crippen LogP contribution in [-0.4, -0.2) is 50.3 Å². The summed E-state index contributed by atoms with van der Waals surface area (Å²) in [5.41, 5.74) is 16.0. The summed E-state index contributed by atoms with van der Waals surface area (Å²) in [7, 11) is 6.12. The first-order chi connectivity index (χ1) is 26.0. The molecule has 55 heavy (non-hydrogen) atoms. The van der Waals surface area contributed by atoms with E-state index in [0.717, 1.165) is 102 Å². The third-order valence-electron chi connectivity index (χ3n) is 10.8. The minimum absolute atomic E-state index is 0. The van der Waals surface area contributed by atoms with E-state index in [9.17, 15) is 9.59 Å². The van der Waals surface area contributed by atoms with E-state index >= 15 is 0 Å². The molecule has 0 unspecified atom stereocenters. The Balaban J connectivity index is 0.00000580. The summed E-state index contributed by atoms with van der Waals surface area (Å²) in [5.74, 6) is 0.769. The van der Waals surface area contributed by atoms with Crippen molar-refractivity contribution in [2.24, 2.45) is 0 Å². The molecular formula is C44H48N4O6Zn. The van der Waals surface area contributed by atoms with Crippen LogP contribution in [0.1, 0.15) is 98.4 Å². The van der Waals surface area contributed by atoms with E-state index in [1.165, 1.54) is 14.2 Å². The molecular weight excluding hydrogens is 746 g/mol. The van der Waals surface area contributed by atoms with Crippen molar-refractivity contribution in [2.45, 2.75) is 80.1 Å². The predicted molar refractivity (Wildman–Crippen MR) is 213 cm³/mol. The number of allylic oxidation sites excluding steroid dienone is 4. The number of esters is 2. The van der Waals surface area contributed by atoms with E-state index < -0.39 is 0 Å². The van der Waals surface area contributed by atoms with Crippen molar-refractivity contribution in [1.29, 1.82) is 0 Å². The number of fused-ring (bicyclic) bond motifs is 8. The van der Waals surface area contributed by atoms with Gasteiger partial charge in [0, 0.05) is 18.4 Å². The maximum Gasteiger partial charge on any atom is 2.00 e. The van der Waals surface area contributed by atoms with Gasteiger partial charge in [0.2, 0.25) is 0 Å². The van der Waals surface area contributed by atoms with Crippen LogP contribution >= 0.6 is 0 Å². The number of aromatic nitrogens is 4. The maximum atomic E-state index is 12.4. The topological polar surface area (TPSA) is 125 Å². The molecule has 0 saturated heterocycles. The normalized spacial score (nSPS) is 12.5. The number of nitrogens with zero attached hydrogens (tertiary/aromatic N) is 4. The van der Waals surface area contributed by atoms with Crippen LogP contribution < -0.4 is 19.4 Å². The molecule has 8 bridgehead atoms. The average Bonchev–Trinajstić information content (AvgIpc) is 3.85. The van der Waals surface area contributed by atoms with Crippen LogP contribution in [0.3, 0.4) is 0 Å². The molecule has 11 heteroatoms. The van der Waals surface area contributed by atoms with Gasteiger partial charge in [0.25, 0.3) is 0 Å². The Morgan fingerprint density at radius 2 is 1.29 bits per heavy atom. The van der Waals surface area contributed by atoms with Crippen LogP contribution in [0.15, 0.2) is 36.4 Å². The SMILES string of the molecule is CCC1=C(C)c2nc1cc1[n-]c(cc3nc(cc4[n-]c(c(C)c4CC)c2-c2cc(OC)ccc2OC)C(C)=C3CCC(=O)OC)c(CCC(=O)OC)c1C.[Zn+2]. The Bertz CT molecular complexity index is 2400. The molecule has 2 aliphatic heterocycles. The Labute approximate surface area is 335 Å². The minimum atomic E-state index is -0.297. The first-order valence-electron chi connectivity index (χ1n) is 18.4. The summed E-state index contributed by atoms with van der Waals surface area (Å²) in [6.45, 7) is 12.6. The zero-order chi connectivity index (χ0) is 38.8. The van der Waals surface area contributed by atoms with Gasteiger partial charge in [0.05, 0.1) is 51.2 Å². The van der Waals surface area contributed by atoms with Gasteiger partial charge in [0.15, 0.2) is 0 Å². The van der Waals surface area contributed by atoms with E-state index in [1.54, 1.807) is 14.2 Å². The number of rotatable bonds is 11. The van der Waals surface area contributed by atoms with Gasteiger partial charge in [-0.25, -0.2) is 9.97 Å². The molecule has 2 aliphatic rings. The number of carbonyl (C=O) groups excluding carboxylic acids is 2. The maximum absolute atomic E-state index is 12.4. The van der Waals surface area contributed by atoms with Gasteiger partial charge in [0.1, 0.15) is 11.5 Å². The number of hydrogen-bond donors (Lipinski definition) is 0. The van der Waals surface area contributed by atoms with Crippen LogP contribution in [0.5, 0.6) is 11.5 Å². The minimum Gasteiger partial charge on any atom is -0.657 e. The molecule has 0 spiro atoms. The number of ether oxygens (including phenoxy) is 4. The molecule has 6 rings (SSSR count). The van der Waals surface area contributed by atoms with E-state index in [4.69, 9.17) is 38.9 Å². The summed E-state index contributed by atoms with van der Waals surface area (Å²) in [5, 5.41) is 0. The Hall–Kier alpha value is -5.02. The third-order valence-corrected chi connectivity index (χ3v) is 10.8. The molecule has 0 radical (unpaired) electrons. The van der Waals surface area contributed by atoms with E-state index in [-0.39, 0.29) is 44.3 Å². The van der Waals surface area contributed by atoms with Crippen molar-refractivity contribution in [1.82, 2.24) is 19.9 Å². The van der Waals surface area contributed by atoms with Gasteiger partial charge >= 0.3 is 31.4 Å². The van der Waals surface area contributed by atoms with Gasteiger partial charge in [-0.2, -0.15) is 0 Å². The second-order valence-electron chi connectivity index (χ2n) is 13.6. The molecule has 0 N–H and O–H groups in total. The quantitative estimate of drug-likeness (QED) is 0.108. The Morgan fingerprint density at radius 1 is 0.655 bits per heavy atom. The van der Waals surface area contributed by atoms with Crippen LogP contribution in [-0.2, 0) is 51.4 Å². The Morgan fingerprint density at radius 3 is 1.93 bits per heavy atom. The predicted octanol–water partition coefficient (Wildman–Crippen LogP) is 8.76. The summed E-state index contributed by atoms with van der Waals surface area (Å²) in [4.78, 5) is 45.9. The first-order valence-corrected chi connectivity index (χ1v) is 18.4. The van der Waals surface area contributed by atoms with Crippen LogP contribution in [0.25, 0.3) is 55.5 Å². The molecule has 4 aromatic rings. The molecule has 0 aliphatic carbocycles. The second kappa shape index (κ2) is 17.2. The van der Waals surface area contributed by atoms with E-state index in [0.29, 0.717) is 35.6 Å². The van der Waals surface area contributed by atoms with Crippen LogP contribution in [0.4, 0.5) is 0 Å². The number of methoxy groups -OCH3 is 4. The monoisotopic (exact) mass is 792 g/mol. The summed E-state index contributed by atoms with van der Waals surface area (Å²) >= 11 is 0. The van der Waals surface area contributed by atoms with Crippen molar-refractivity contribution in [2.75, 3.05) is 28.4 Å². The smallest absolute Gasteiger partial charge is 0.657 e. The van der Waals surface area contributed by atoms with Crippen molar-refractivity contribution >= 4 is 56.3 Å². The van der Waals surface area contributed by atoms with E-state index in [1.807, 2.05) is 50.2 Å². The van der Waals surface area contributed by atoms with E-state index in [2.05, 4.69) is 27.7 Å². The van der Waals surface area contributed by atoms with Gasteiger partial charge < -0.3 is 28.9 Å². The standard InChI is InChI=1S/C44H48N4O6.Zn/c1-11-28-25(5)43-42(32-19-27(51-7)13-16-39(32)52-8)44-26(6)29(12-2)36(48-44)21-34-24(4)31(15-18-41(50)54-10)38(46-34)22-37-30(14-17-40(49)53-9)23(3)33(45-37)20-35(28)47-43;/h13,16,19-22H,11-12,14-15,17-18H2,1-10H3;/q-2;+2. The number of aryl methyl sites for hydroxylation is 4. The second-order valence-corrected chi connectivity index (χ2v) is 13.6. The number of hydrogen-bond acceptors (Lipinski definition) is 8. The van der Waals surface area contributed by atoms with Gasteiger partial charge in [-0.15, -0.1) is 22.1 Å². The van der Waals surface area contributed by atoms with Crippen LogP contribution in [0, 0.1) is 13.8 Å². The van der Waals surface area contributed by atoms with Crippen molar-refractivity contribution in [3.8, 4) is 22.6 Å². The molecule has 10 nitrogen and oxygen atoms in total. The zero-order valence-corrected chi connectivity index (χ0v) is 36.6. The molecule has 0 fully saturated rings. The fraction of sp³-hybridized carbons (Fsp3) is 0.364. The Kier molecular flexibility index (Phi) is 12.9. The fourth-order valence-electron chi connectivity index (χ4n) is 7.66. The van der Waals surface area contributed by atoms with Gasteiger partial charge in [-0.05, 0) is 99.4 Å². The van der Waals surface area contributed by atoms with Gasteiger partial charge in [-0.3, -0.25) is 9.59 Å². The average molecular weight is 794 g/mol. The van der Waals surface area contributed by atoms with Crippen molar-refractivity contribution in [3.05, 3.63) is 81.4 Å². The fourth-order valence-corrected chi connectivity index (χ4v) is 7.66. The molecule has 0 atom stereocenters. The third kappa shape index (κ3) is 7.77. The zero-order valence-electron chi connectivity index (χ0n) is 33.7. The molecule has 282 valence electrons. The summed E-state index contributed by atoms with van der Waals surface area (Å²) in [6, 6.07) is 11.9. The summed E-state index contributed by atoms with van der Waals surface area (Å²) < 4.78 is 21.7. The number of benzene rings is 1. The molecule has 1 aromatic carbocycles. The molecule has 0 amide bonds. The molecule has 5 heterocycles. The van der Waals surface area contributed by atoms with Crippen molar-refractivity contribution < 1.29 is 48.0 Å². The van der Waals surface area contributed by atoms with Gasteiger partial charge in [-0.1, -0.05) is 54.3 Å². The largest absolute Gasteiger partial charge is 2.00 e. The van der Waals surface area contributed by atoms with Crippen LogP contribution in [0.2, 0.25) is 0 Å². The molecule has 3 aromatic heterocycles. The number of carbonyl (C=O) groups is 2. The van der Waals surface area contributed by atoms with Crippen molar-refractivity contribution in [3.63, 3.8) is 0 Å².